The fourth-order valence-corrected chi connectivity index (χ4v) is 1.60. The van der Waals surface area contributed by atoms with E-state index in [1.54, 1.807) is 24.4 Å². The van der Waals surface area contributed by atoms with E-state index >= 15 is 0 Å². The van der Waals surface area contributed by atoms with Gasteiger partial charge in [0.2, 0.25) is 0 Å². The number of aliphatic hydroxyl groups excluding tert-OH is 1. The second-order valence-corrected chi connectivity index (χ2v) is 3.71. The topological polar surface area (TPSA) is 33.1 Å². The Morgan fingerprint density at radius 3 is 2.65 bits per heavy atom. The summed E-state index contributed by atoms with van der Waals surface area (Å²) >= 11 is 0. The molecule has 2 rings (SSSR count). The Labute approximate surface area is 97.6 Å². The van der Waals surface area contributed by atoms with Crippen molar-refractivity contribution in [1.82, 2.24) is 4.98 Å². The molecule has 4 heteroatoms. The van der Waals surface area contributed by atoms with Crippen LogP contribution in [0.1, 0.15) is 17.4 Å². The van der Waals surface area contributed by atoms with Gasteiger partial charge in [0.1, 0.15) is 11.6 Å². The molecule has 0 amide bonds. The van der Waals surface area contributed by atoms with Crippen molar-refractivity contribution in [3.05, 3.63) is 65.5 Å². The molecule has 0 aliphatic rings. The summed E-state index contributed by atoms with van der Waals surface area (Å²) in [5.74, 6) is -1.40. The standard InChI is InChI=1S/C13H11F2NO/c14-9-4-5-11(12(15)7-9)13(17)8-10-3-1-2-6-16-10/h1-7,13,17H,8H2. The molecule has 0 bridgehead atoms. The van der Waals surface area contributed by atoms with E-state index in [0.29, 0.717) is 5.69 Å². The van der Waals surface area contributed by atoms with Gasteiger partial charge >= 0.3 is 0 Å². The fourth-order valence-electron chi connectivity index (χ4n) is 1.60. The molecule has 0 radical (unpaired) electrons. The van der Waals surface area contributed by atoms with E-state index in [0.717, 1.165) is 12.1 Å². The van der Waals surface area contributed by atoms with Crippen molar-refractivity contribution in [2.45, 2.75) is 12.5 Å². The second kappa shape index (κ2) is 5.01. The zero-order valence-corrected chi connectivity index (χ0v) is 8.98. The van der Waals surface area contributed by atoms with Gasteiger partial charge in [-0.2, -0.15) is 0 Å². The summed E-state index contributed by atoms with van der Waals surface area (Å²) in [6.45, 7) is 0. The van der Waals surface area contributed by atoms with E-state index in [-0.39, 0.29) is 12.0 Å². The van der Waals surface area contributed by atoms with Crippen molar-refractivity contribution in [1.29, 1.82) is 0 Å². The van der Waals surface area contributed by atoms with E-state index in [1.807, 2.05) is 0 Å². The highest BCUT2D eigenvalue weighted by Crippen LogP contribution is 2.20. The normalized spacial score (nSPS) is 12.4. The highest BCUT2D eigenvalue weighted by molar-refractivity contribution is 5.22. The number of aliphatic hydroxyl groups is 1. The third-order valence-corrected chi connectivity index (χ3v) is 2.45. The summed E-state index contributed by atoms with van der Waals surface area (Å²) in [7, 11) is 0. The predicted octanol–water partition coefficient (Wildman–Crippen LogP) is 2.64. The van der Waals surface area contributed by atoms with Crippen LogP contribution in [0.5, 0.6) is 0 Å². The number of rotatable bonds is 3. The summed E-state index contributed by atoms with van der Waals surface area (Å²) in [5.41, 5.74) is 0.737. The van der Waals surface area contributed by atoms with Crippen LogP contribution in [-0.2, 0) is 6.42 Å². The predicted molar refractivity (Wildman–Crippen MR) is 59.3 cm³/mol. The maximum Gasteiger partial charge on any atom is 0.131 e. The van der Waals surface area contributed by atoms with Gasteiger partial charge in [0.05, 0.1) is 6.10 Å². The zero-order chi connectivity index (χ0) is 12.3. The van der Waals surface area contributed by atoms with Crippen LogP contribution in [0.25, 0.3) is 0 Å². The molecule has 0 aliphatic carbocycles. The van der Waals surface area contributed by atoms with Gasteiger partial charge in [-0.15, -0.1) is 0 Å². The number of aromatic nitrogens is 1. The summed E-state index contributed by atoms with van der Waals surface area (Å²) < 4.78 is 26.1. The average Bonchev–Trinajstić information content (AvgIpc) is 2.30. The van der Waals surface area contributed by atoms with Gasteiger partial charge in [0.25, 0.3) is 0 Å². The second-order valence-electron chi connectivity index (χ2n) is 3.71. The van der Waals surface area contributed by atoms with E-state index < -0.39 is 17.7 Å². The Kier molecular flexibility index (Phi) is 3.44. The molecular formula is C13H11F2NO. The first-order valence-corrected chi connectivity index (χ1v) is 5.20. The van der Waals surface area contributed by atoms with E-state index in [9.17, 15) is 13.9 Å². The quantitative estimate of drug-likeness (QED) is 0.887. The molecule has 0 saturated heterocycles. The maximum atomic E-state index is 13.4. The SMILES string of the molecule is OC(Cc1ccccn1)c1ccc(F)cc1F. The lowest BCUT2D eigenvalue weighted by Crippen LogP contribution is -2.05. The number of hydrogen-bond acceptors (Lipinski definition) is 2. The van der Waals surface area contributed by atoms with Crippen molar-refractivity contribution < 1.29 is 13.9 Å². The molecule has 2 aromatic rings. The summed E-state index contributed by atoms with van der Waals surface area (Å²) in [6.07, 6.45) is 0.775. The zero-order valence-electron chi connectivity index (χ0n) is 8.98. The molecule has 1 unspecified atom stereocenters. The number of hydrogen-bond donors (Lipinski definition) is 1. The van der Waals surface area contributed by atoms with E-state index in [1.165, 1.54) is 6.07 Å². The maximum absolute atomic E-state index is 13.4. The third kappa shape index (κ3) is 2.85. The van der Waals surface area contributed by atoms with Crippen LogP contribution in [0.3, 0.4) is 0 Å². The van der Waals surface area contributed by atoms with Gasteiger partial charge in [-0.1, -0.05) is 12.1 Å². The lowest BCUT2D eigenvalue weighted by molar-refractivity contribution is 0.172. The highest BCUT2D eigenvalue weighted by Gasteiger charge is 2.14. The first-order chi connectivity index (χ1) is 8.16. The minimum Gasteiger partial charge on any atom is -0.388 e. The van der Waals surface area contributed by atoms with E-state index in [4.69, 9.17) is 0 Å². The third-order valence-electron chi connectivity index (χ3n) is 2.45. The first kappa shape index (κ1) is 11.7. The van der Waals surface area contributed by atoms with E-state index in [2.05, 4.69) is 4.98 Å². The molecular weight excluding hydrogens is 224 g/mol. The molecule has 0 saturated carbocycles. The van der Waals surface area contributed by atoms with Crippen LogP contribution in [-0.4, -0.2) is 10.1 Å². The van der Waals surface area contributed by atoms with Crippen LogP contribution in [0.2, 0.25) is 0 Å². The molecule has 1 atom stereocenters. The lowest BCUT2D eigenvalue weighted by Gasteiger charge is -2.11. The number of pyridine rings is 1. The Balaban J connectivity index is 2.17. The van der Waals surface area contributed by atoms with Gasteiger partial charge in [0, 0.05) is 29.9 Å². The molecule has 88 valence electrons. The Hall–Kier alpha value is -1.81. The smallest absolute Gasteiger partial charge is 0.131 e. The lowest BCUT2D eigenvalue weighted by atomic mass is 10.0. The average molecular weight is 235 g/mol. The van der Waals surface area contributed by atoms with Crippen molar-refractivity contribution in [2.75, 3.05) is 0 Å². The Morgan fingerprint density at radius 1 is 1.18 bits per heavy atom. The number of halogens is 2. The molecule has 1 heterocycles. The van der Waals surface area contributed by atoms with Crippen molar-refractivity contribution in [2.24, 2.45) is 0 Å². The number of nitrogens with zero attached hydrogens (tertiary/aromatic N) is 1. The van der Waals surface area contributed by atoms with Gasteiger partial charge in [-0.05, 0) is 18.2 Å². The summed E-state index contributed by atoms with van der Waals surface area (Å²) in [6, 6.07) is 8.42. The van der Waals surface area contributed by atoms with Crippen LogP contribution in [0.15, 0.2) is 42.6 Å². The molecule has 17 heavy (non-hydrogen) atoms. The molecule has 1 N–H and O–H groups in total. The van der Waals surface area contributed by atoms with Gasteiger partial charge in [0.15, 0.2) is 0 Å². The highest BCUT2D eigenvalue weighted by atomic mass is 19.1. The van der Waals surface area contributed by atoms with Crippen LogP contribution >= 0.6 is 0 Å². The first-order valence-electron chi connectivity index (χ1n) is 5.20. The minimum absolute atomic E-state index is 0.0806. The van der Waals surface area contributed by atoms with Crippen LogP contribution in [0.4, 0.5) is 8.78 Å². The van der Waals surface area contributed by atoms with Gasteiger partial charge in [-0.3, -0.25) is 4.98 Å². The monoisotopic (exact) mass is 235 g/mol. The van der Waals surface area contributed by atoms with Crippen LogP contribution in [0, 0.1) is 11.6 Å². The molecule has 0 spiro atoms. The van der Waals surface area contributed by atoms with Gasteiger partial charge in [-0.25, -0.2) is 8.78 Å². The fraction of sp³-hybridized carbons (Fsp3) is 0.154. The molecule has 2 nitrogen and oxygen atoms in total. The molecule has 0 aliphatic heterocycles. The van der Waals surface area contributed by atoms with Gasteiger partial charge < -0.3 is 5.11 Å². The molecule has 0 fully saturated rings. The van der Waals surface area contributed by atoms with Crippen molar-refractivity contribution in [3.63, 3.8) is 0 Å². The Bertz CT molecular complexity index is 502. The molecule has 1 aromatic heterocycles. The Morgan fingerprint density at radius 2 is 2.00 bits per heavy atom. The summed E-state index contributed by atoms with van der Waals surface area (Å²) in [4.78, 5) is 4.03. The minimum atomic E-state index is -1.02. The molecule has 1 aromatic carbocycles. The summed E-state index contributed by atoms with van der Waals surface area (Å²) in [5, 5.41) is 9.84. The van der Waals surface area contributed by atoms with Crippen molar-refractivity contribution >= 4 is 0 Å². The largest absolute Gasteiger partial charge is 0.388 e. The van der Waals surface area contributed by atoms with Crippen LogP contribution < -0.4 is 0 Å². The number of benzene rings is 1. The van der Waals surface area contributed by atoms with Crippen molar-refractivity contribution in [3.8, 4) is 0 Å².